The summed E-state index contributed by atoms with van der Waals surface area (Å²) < 4.78 is 5.68. The van der Waals surface area contributed by atoms with Crippen molar-refractivity contribution in [3.05, 3.63) is 28.3 Å². The van der Waals surface area contributed by atoms with E-state index in [0.29, 0.717) is 0 Å². The monoisotopic (exact) mass is 272 g/mol. The van der Waals surface area contributed by atoms with Crippen LogP contribution in [0.3, 0.4) is 0 Å². The molecule has 0 aromatic heterocycles. The van der Waals surface area contributed by atoms with Crippen LogP contribution in [0.15, 0.2) is 12.1 Å². The maximum atomic E-state index is 6.51. The van der Waals surface area contributed by atoms with E-state index in [9.17, 15) is 0 Å². The van der Waals surface area contributed by atoms with E-state index in [2.05, 4.69) is 20.8 Å². The first-order valence-electron chi connectivity index (χ1n) is 5.96. The summed E-state index contributed by atoms with van der Waals surface area (Å²) in [6.45, 7) is 7.30. The van der Waals surface area contributed by atoms with Crippen LogP contribution in [0, 0.1) is 5.41 Å². The fourth-order valence-electron chi connectivity index (χ4n) is 2.18. The van der Waals surface area contributed by atoms with Gasteiger partial charge in [0.2, 0.25) is 0 Å². The topological polar surface area (TPSA) is 9.23 Å². The van der Waals surface area contributed by atoms with Gasteiger partial charge in [-0.25, -0.2) is 0 Å². The first kappa shape index (κ1) is 13.0. The summed E-state index contributed by atoms with van der Waals surface area (Å²) in [7, 11) is 0. The van der Waals surface area contributed by atoms with Gasteiger partial charge in [-0.1, -0.05) is 32.4 Å². The number of benzene rings is 1. The average molecular weight is 273 g/mol. The lowest BCUT2D eigenvalue weighted by Crippen LogP contribution is -2.09. The minimum Gasteiger partial charge on any atom is -0.493 e. The fourth-order valence-corrected chi connectivity index (χ4v) is 3.05. The SMILES string of the molecule is CC(C)(C)CC(Cl)c1cc(Cl)cc2c1OCC2. The van der Waals surface area contributed by atoms with E-state index in [1.54, 1.807) is 0 Å². The summed E-state index contributed by atoms with van der Waals surface area (Å²) in [6.07, 6.45) is 1.84. The van der Waals surface area contributed by atoms with Gasteiger partial charge in [0.05, 0.1) is 12.0 Å². The van der Waals surface area contributed by atoms with E-state index in [-0.39, 0.29) is 10.8 Å². The van der Waals surface area contributed by atoms with Crippen LogP contribution in [-0.2, 0) is 6.42 Å². The maximum Gasteiger partial charge on any atom is 0.127 e. The zero-order valence-corrected chi connectivity index (χ0v) is 12.0. The lowest BCUT2D eigenvalue weighted by Gasteiger charge is -2.23. The molecule has 0 bridgehead atoms. The Bertz CT molecular complexity index is 421. The van der Waals surface area contributed by atoms with Crippen LogP contribution in [0.5, 0.6) is 5.75 Å². The number of rotatable bonds is 2. The van der Waals surface area contributed by atoms with E-state index in [1.165, 1.54) is 5.56 Å². The van der Waals surface area contributed by atoms with Gasteiger partial charge >= 0.3 is 0 Å². The van der Waals surface area contributed by atoms with Crippen LogP contribution in [0.2, 0.25) is 5.02 Å². The van der Waals surface area contributed by atoms with Crippen LogP contribution < -0.4 is 4.74 Å². The third-order valence-corrected chi connectivity index (χ3v) is 3.51. The average Bonchev–Trinajstić information content (AvgIpc) is 2.60. The van der Waals surface area contributed by atoms with Crippen molar-refractivity contribution in [1.29, 1.82) is 0 Å². The Morgan fingerprint density at radius 2 is 2.06 bits per heavy atom. The van der Waals surface area contributed by atoms with Crippen molar-refractivity contribution >= 4 is 23.2 Å². The molecule has 0 aliphatic carbocycles. The fraction of sp³-hybridized carbons (Fsp3) is 0.571. The Morgan fingerprint density at radius 1 is 1.35 bits per heavy atom. The second-order valence-electron chi connectivity index (χ2n) is 5.81. The number of ether oxygens (including phenoxy) is 1. The van der Waals surface area contributed by atoms with E-state index in [4.69, 9.17) is 27.9 Å². The molecule has 17 heavy (non-hydrogen) atoms. The number of hydrogen-bond donors (Lipinski definition) is 0. The molecule has 2 rings (SSSR count). The highest BCUT2D eigenvalue weighted by Crippen LogP contribution is 2.42. The second kappa shape index (κ2) is 4.70. The van der Waals surface area contributed by atoms with E-state index < -0.39 is 0 Å². The van der Waals surface area contributed by atoms with Gasteiger partial charge < -0.3 is 4.74 Å². The molecule has 1 aliphatic rings. The molecule has 1 heterocycles. The van der Waals surface area contributed by atoms with Crippen molar-refractivity contribution in [3.8, 4) is 5.75 Å². The quantitative estimate of drug-likeness (QED) is 0.690. The largest absolute Gasteiger partial charge is 0.493 e. The third kappa shape index (κ3) is 3.08. The lowest BCUT2D eigenvalue weighted by atomic mass is 9.88. The molecule has 3 heteroatoms. The van der Waals surface area contributed by atoms with E-state index >= 15 is 0 Å². The molecule has 0 fully saturated rings. The molecule has 1 aliphatic heterocycles. The smallest absolute Gasteiger partial charge is 0.127 e. The number of alkyl halides is 1. The number of fused-ring (bicyclic) bond motifs is 1. The predicted molar refractivity (Wildman–Crippen MR) is 73.3 cm³/mol. The summed E-state index contributed by atoms with van der Waals surface area (Å²) in [5.41, 5.74) is 2.42. The molecule has 0 saturated carbocycles. The van der Waals surface area contributed by atoms with Crippen LogP contribution in [0.4, 0.5) is 0 Å². The van der Waals surface area contributed by atoms with E-state index in [1.807, 2.05) is 12.1 Å². The van der Waals surface area contributed by atoms with Crippen molar-refractivity contribution in [2.45, 2.75) is 39.0 Å². The van der Waals surface area contributed by atoms with Crippen LogP contribution in [0.1, 0.15) is 43.7 Å². The molecule has 1 nitrogen and oxygen atoms in total. The Balaban J connectivity index is 2.32. The summed E-state index contributed by atoms with van der Waals surface area (Å²) in [5, 5.41) is 0.712. The number of halogens is 2. The first-order chi connectivity index (χ1) is 7.87. The van der Waals surface area contributed by atoms with Gasteiger partial charge in [-0.2, -0.15) is 0 Å². The summed E-state index contributed by atoms with van der Waals surface area (Å²) in [6, 6.07) is 3.92. The standard InChI is InChI=1S/C14H18Cl2O/c1-14(2,3)8-12(16)11-7-10(15)6-9-4-5-17-13(9)11/h6-7,12H,4-5,8H2,1-3H3. The second-order valence-corrected chi connectivity index (χ2v) is 6.78. The van der Waals surface area contributed by atoms with Gasteiger partial charge in [0.15, 0.2) is 0 Å². The zero-order valence-electron chi connectivity index (χ0n) is 10.5. The van der Waals surface area contributed by atoms with E-state index in [0.717, 1.165) is 35.8 Å². The van der Waals surface area contributed by atoms with Crippen LogP contribution >= 0.6 is 23.2 Å². The molecular formula is C14H18Cl2O. The predicted octanol–water partition coefficient (Wildman–Crippen LogP) is 4.99. The van der Waals surface area contributed by atoms with Gasteiger partial charge in [-0.05, 0) is 29.5 Å². The van der Waals surface area contributed by atoms with Crippen molar-refractivity contribution in [2.24, 2.45) is 5.41 Å². The Kier molecular flexibility index (Phi) is 3.61. The highest BCUT2D eigenvalue weighted by atomic mass is 35.5. The molecule has 1 atom stereocenters. The van der Waals surface area contributed by atoms with Crippen LogP contribution in [0.25, 0.3) is 0 Å². The minimum absolute atomic E-state index is 0.0412. The Hall–Kier alpha value is -0.400. The minimum atomic E-state index is -0.0412. The molecule has 0 saturated heterocycles. The van der Waals surface area contributed by atoms with Gasteiger partial charge in [-0.15, -0.1) is 11.6 Å². The zero-order chi connectivity index (χ0) is 12.6. The maximum absolute atomic E-state index is 6.51. The van der Waals surface area contributed by atoms with Gasteiger partial charge in [-0.3, -0.25) is 0 Å². The van der Waals surface area contributed by atoms with Crippen LogP contribution in [-0.4, -0.2) is 6.61 Å². The Labute approximate surface area is 113 Å². The highest BCUT2D eigenvalue weighted by Gasteiger charge is 2.25. The molecule has 1 aromatic carbocycles. The van der Waals surface area contributed by atoms with Crippen molar-refractivity contribution in [2.75, 3.05) is 6.61 Å². The molecule has 1 aromatic rings. The normalized spacial score (nSPS) is 16.5. The highest BCUT2D eigenvalue weighted by molar-refractivity contribution is 6.31. The molecule has 0 spiro atoms. The molecule has 0 N–H and O–H groups in total. The van der Waals surface area contributed by atoms with Gasteiger partial charge in [0.25, 0.3) is 0 Å². The third-order valence-electron chi connectivity index (χ3n) is 2.91. The lowest BCUT2D eigenvalue weighted by molar-refractivity contribution is 0.343. The van der Waals surface area contributed by atoms with Crippen molar-refractivity contribution < 1.29 is 4.74 Å². The summed E-state index contributed by atoms with van der Waals surface area (Å²) in [5.74, 6) is 0.957. The van der Waals surface area contributed by atoms with Crippen molar-refractivity contribution in [1.82, 2.24) is 0 Å². The summed E-state index contributed by atoms with van der Waals surface area (Å²) in [4.78, 5) is 0. The van der Waals surface area contributed by atoms with Gasteiger partial charge in [0.1, 0.15) is 5.75 Å². The van der Waals surface area contributed by atoms with Crippen molar-refractivity contribution in [3.63, 3.8) is 0 Å². The summed E-state index contributed by atoms with van der Waals surface area (Å²) >= 11 is 12.6. The Morgan fingerprint density at radius 3 is 2.71 bits per heavy atom. The molecular weight excluding hydrogens is 255 g/mol. The number of hydrogen-bond acceptors (Lipinski definition) is 1. The molecule has 94 valence electrons. The molecule has 1 unspecified atom stereocenters. The molecule has 0 amide bonds. The molecule has 0 radical (unpaired) electrons. The first-order valence-corrected chi connectivity index (χ1v) is 6.77. The van der Waals surface area contributed by atoms with Gasteiger partial charge in [0, 0.05) is 17.0 Å².